The van der Waals surface area contributed by atoms with E-state index in [1.807, 2.05) is 0 Å². The molecule has 0 spiro atoms. The first kappa shape index (κ1) is 8.99. The van der Waals surface area contributed by atoms with E-state index in [9.17, 15) is 9.59 Å². The number of rotatable bonds is 2. The third kappa shape index (κ3) is 1.73. The lowest BCUT2D eigenvalue weighted by Gasteiger charge is -1.92. The number of furan rings is 1. The van der Waals surface area contributed by atoms with Crippen LogP contribution >= 0.6 is 15.9 Å². The highest BCUT2D eigenvalue weighted by Gasteiger charge is 2.19. The third-order valence-electron chi connectivity index (χ3n) is 1.16. The zero-order valence-corrected chi connectivity index (χ0v) is 7.75. The van der Waals surface area contributed by atoms with Crippen LogP contribution < -0.4 is 0 Å². The summed E-state index contributed by atoms with van der Waals surface area (Å²) in [5.74, 6) is -1.76. The maximum atomic E-state index is 11.0. The fraction of sp³-hybridized carbons (Fsp3) is 0.143. The summed E-state index contributed by atoms with van der Waals surface area (Å²) in [5, 5.41) is 0. The van der Waals surface area contributed by atoms with Crippen molar-refractivity contribution in [1.82, 2.24) is 0 Å². The van der Waals surface area contributed by atoms with Crippen molar-refractivity contribution >= 4 is 27.7 Å². The molecule has 0 bridgehead atoms. The summed E-state index contributed by atoms with van der Waals surface area (Å²) >= 11 is 3.07. The Morgan fingerprint density at radius 1 is 1.58 bits per heavy atom. The Bertz CT molecular complexity index is 315. The smallest absolute Gasteiger partial charge is 0.382 e. The lowest BCUT2D eigenvalue weighted by molar-refractivity contribution is -0.135. The molecule has 0 aliphatic carbocycles. The van der Waals surface area contributed by atoms with Gasteiger partial charge in [-0.3, -0.25) is 4.79 Å². The number of hydrogen-bond acceptors (Lipinski definition) is 4. The average molecular weight is 233 g/mol. The van der Waals surface area contributed by atoms with E-state index in [0.29, 0.717) is 4.47 Å². The molecule has 0 saturated carbocycles. The lowest BCUT2D eigenvalue weighted by Crippen LogP contribution is -2.14. The Morgan fingerprint density at radius 2 is 2.25 bits per heavy atom. The number of halogens is 1. The first-order chi connectivity index (χ1) is 5.65. The molecule has 1 aromatic rings. The summed E-state index contributed by atoms with van der Waals surface area (Å²) in [5.41, 5.74) is 0. The van der Waals surface area contributed by atoms with Crippen LogP contribution in [0.5, 0.6) is 0 Å². The zero-order valence-electron chi connectivity index (χ0n) is 6.17. The zero-order chi connectivity index (χ0) is 9.14. The van der Waals surface area contributed by atoms with Gasteiger partial charge in [-0.2, -0.15) is 0 Å². The van der Waals surface area contributed by atoms with Gasteiger partial charge in [-0.25, -0.2) is 4.79 Å². The maximum Gasteiger partial charge on any atom is 0.382 e. The molecule has 0 aromatic carbocycles. The van der Waals surface area contributed by atoms with Crippen LogP contribution in [0.4, 0.5) is 0 Å². The molecule has 5 heteroatoms. The van der Waals surface area contributed by atoms with E-state index in [1.165, 1.54) is 12.3 Å². The lowest BCUT2D eigenvalue weighted by atomic mass is 10.3. The van der Waals surface area contributed by atoms with E-state index in [-0.39, 0.29) is 5.76 Å². The molecule has 0 radical (unpaired) electrons. The molecule has 4 nitrogen and oxygen atoms in total. The fourth-order valence-electron chi connectivity index (χ4n) is 0.625. The number of ether oxygens (including phenoxy) is 1. The van der Waals surface area contributed by atoms with E-state index >= 15 is 0 Å². The largest absolute Gasteiger partial charge is 0.463 e. The Kier molecular flexibility index (Phi) is 2.65. The number of carbonyl (C=O) groups is 2. The molecular formula is C7H5BrO4. The molecule has 0 unspecified atom stereocenters. The van der Waals surface area contributed by atoms with Crippen molar-refractivity contribution in [2.75, 3.05) is 7.11 Å². The fourth-order valence-corrected chi connectivity index (χ4v) is 0.927. The van der Waals surface area contributed by atoms with Gasteiger partial charge in [0, 0.05) is 6.07 Å². The molecule has 12 heavy (non-hydrogen) atoms. The minimum atomic E-state index is -0.933. The molecule has 0 atom stereocenters. The predicted octanol–water partition coefficient (Wildman–Crippen LogP) is 1.40. The Hall–Kier alpha value is -1.10. The summed E-state index contributed by atoms with van der Waals surface area (Å²) in [7, 11) is 1.14. The number of ketones is 1. The third-order valence-corrected chi connectivity index (χ3v) is 1.58. The molecule has 0 aliphatic heterocycles. The molecule has 64 valence electrons. The summed E-state index contributed by atoms with van der Waals surface area (Å²) in [6.45, 7) is 0. The topological polar surface area (TPSA) is 56.5 Å². The van der Waals surface area contributed by atoms with Crippen LogP contribution in [0.1, 0.15) is 10.6 Å². The highest BCUT2D eigenvalue weighted by atomic mass is 79.9. The van der Waals surface area contributed by atoms with Crippen LogP contribution in [0.2, 0.25) is 0 Å². The van der Waals surface area contributed by atoms with Crippen molar-refractivity contribution < 1.29 is 18.7 Å². The number of methoxy groups -OCH3 is 1. The minimum Gasteiger partial charge on any atom is -0.463 e. The standard InChI is InChI=1S/C7H5BrO4/c1-11-7(10)6(9)5-2-4(8)3-12-5/h2-3H,1H3. The van der Waals surface area contributed by atoms with Crippen LogP contribution in [0, 0.1) is 0 Å². The normalized spacial score (nSPS) is 9.50. The van der Waals surface area contributed by atoms with Gasteiger partial charge in [0.15, 0.2) is 5.76 Å². The van der Waals surface area contributed by atoms with Crippen molar-refractivity contribution in [3.63, 3.8) is 0 Å². The van der Waals surface area contributed by atoms with Gasteiger partial charge in [0.25, 0.3) is 0 Å². The molecular weight excluding hydrogens is 228 g/mol. The van der Waals surface area contributed by atoms with E-state index in [4.69, 9.17) is 4.42 Å². The minimum absolute atomic E-state index is 0.0336. The number of hydrogen-bond donors (Lipinski definition) is 0. The summed E-state index contributed by atoms with van der Waals surface area (Å²) in [6.07, 6.45) is 1.32. The monoisotopic (exact) mass is 232 g/mol. The maximum absolute atomic E-state index is 11.0. The molecule has 0 saturated heterocycles. The van der Waals surface area contributed by atoms with Crippen LogP contribution in [-0.4, -0.2) is 18.9 Å². The number of Topliss-reactive ketones (excluding diaryl/α,β-unsaturated/α-hetero) is 1. The Balaban J connectivity index is 2.85. The van der Waals surface area contributed by atoms with Gasteiger partial charge in [-0.1, -0.05) is 0 Å². The van der Waals surface area contributed by atoms with Gasteiger partial charge < -0.3 is 9.15 Å². The molecule has 1 rings (SSSR count). The number of esters is 1. The SMILES string of the molecule is COC(=O)C(=O)c1cc(Br)co1. The van der Waals surface area contributed by atoms with E-state index < -0.39 is 11.8 Å². The Labute approximate surface area is 76.6 Å². The second kappa shape index (κ2) is 3.53. The molecule has 0 N–H and O–H groups in total. The summed E-state index contributed by atoms with van der Waals surface area (Å²) in [6, 6.07) is 1.40. The van der Waals surface area contributed by atoms with Gasteiger partial charge in [-0.05, 0) is 15.9 Å². The van der Waals surface area contributed by atoms with Crippen LogP contribution in [0.25, 0.3) is 0 Å². The summed E-state index contributed by atoms with van der Waals surface area (Å²) in [4.78, 5) is 21.7. The summed E-state index contributed by atoms with van der Waals surface area (Å²) < 4.78 is 9.57. The molecule has 0 amide bonds. The quantitative estimate of drug-likeness (QED) is 0.440. The first-order valence-electron chi connectivity index (χ1n) is 3.02. The van der Waals surface area contributed by atoms with Crippen molar-refractivity contribution in [3.8, 4) is 0 Å². The molecule has 1 heterocycles. The van der Waals surface area contributed by atoms with Crippen LogP contribution in [0.3, 0.4) is 0 Å². The van der Waals surface area contributed by atoms with Crippen molar-refractivity contribution in [1.29, 1.82) is 0 Å². The molecule has 0 fully saturated rings. The second-order valence-electron chi connectivity index (χ2n) is 1.95. The van der Waals surface area contributed by atoms with Crippen molar-refractivity contribution in [2.45, 2.75) is 0 Å². The van der Waals surface area contributed by atoms with Crippen molar-refractivity contribution in [3.05, 3.63) is 22.6 Å². The predicted molar refractivity (Wildman–Crippen MR) is 42.8 cm³/mol. The second-order valence-corrected chi connectivity index (χ2v) is 2.87. The van der Waals surface area contributed by atoms with Gasteiger partial charge >= 0.3 is 11.8 Å². The van der Waals surface area contributed by atoms with Gasteiger partial charge in [-0.15, -0.1) is 0 Å². The van der Waals surface area contributed by atoms with E-state index in [1.54, 1.807) is 0 Å². The van der Waals surface area contributed by atoms with Gasteiger partial charge in [0.2, 0.25) is 0 Å². The van der Waals surface area contributed by atoms with E-state index in [2.05, 4.69) is 20.7 Å². The average Bonchev–Trinajstić information content (AvgIpc) is 2.49. The van der Waals surface area contributed by atoms with Crippen molar-refractivity contribution in [2.24, 2.45) is 0 Å². The Morgan fingerprint density at radius 3 is 2.67 bits per heavy atom. The van der Waals surface area contributed by atoms with E-state index in [0.717, 1.165) is 7.11 Å². The van der Waals surface area contributed by atoms with Crippen LogP contribution in [0.15, 0.2) is 21.2 Å². The molecule has 1 aromatic heterocycles. The molecule has 0 aliphatic rings. The number of carbonyl (C=O) groups excluding carboxylic acids is 2. The highest BCUT2D eigenvalue weighted by Crippen LogP contribution is 2.14. The van der Waals surface area contributed by atoms with Crippen LogP contribution in [-0.2, 0) is 9.53 Å². The highest BCUT2D eigenvalue weighted by molar-refractivity contribution is 9.10. The van der Waals surface area contributed by atoms with Gasteiger partial charge in [0.05, 0.1) is 11.6 Å². The van der Waals surface area contributed by atoms with Gasteiger partial charge in [0.1, 0.15) is 6.26 Å². The first-order valence-corrected chi connectivity index (χ1v) is 3.81.